The number of rotatable bonds is 3. The molecule has 1 nitrogen and oxygen atoms in total. The second-order valence-electron chi connectivity index (χ2n) is 6.29. The van der Waals surface area contributed by atoms with Crippen LogP contribution >= 0.6 is 0 Å². The predicted octanol–water partition coefficient (Wildman–Crippen LogP) is 3.48. The summed E-state index contributed by atoms with van der Waals surface area (Å²) < 4.78 is 0. The fourth-order valence-corrected chi connectivity index (χ4v) is 3.33. The van der Waals surface area contributed by atoms with Gasteiger partial charge >= 0.3 is 0 Å². The van der Waals surface area contributed by atoms with E-state index in [0.29, 0.717) is 0 Å². The third-order valence-corrected chi connectivity index (χ3v) is 4.68. The Labute approximate surface area is 99.0 Å². The molecule has 1 fully saturated rings. The van der Waals surface area contributed by atoms with Crippen LogP contribution in [0, 0.1) is 5.41 Å². The molecule has 0 amide bonds. The van der Waals surface area contributed by atoms with Crippen LogP contribution in [0.4, 0.5) is 0 Å². The Hall–Kier alpha value is -0.820. The van der Waals surface area contributed by atoms with Crippen molar-refractivity contribution in [1.82, 2.24) is 0 Å². The van der Waals surface area contributed by atoms with Crippen molar-refractivity contribution in [2.45, 2.75) is 51.5 Å². The number of hydrogen-bond donors (Lipinski definition) is 1. The molecule has 1 aliphatic rings. The van der Waals surface area contributed by atoms with Crippen LogP contribution in [0.3, 0.4) is 0 Å². The van der Waals surface area contributed by atoms with E-state index in [9.17, 15) is 0 Å². The summed E-state index contributed by atoms with van der Waals surface area (Å²) in [6.45, 7) is 9.02. The van der Waals surface area contributed by atoms with Gasteiger partial charge in [0, 0.05) is 5.54 Å². The van der Waals surface area contributed by atoms with Gasteiger partial charge in [-0.3, -0.25) is 0 Å². The predicted molar refractivity (Wildman–Crippen MR) is 69.4 cm³/mol. The summed E-state index contributed by atoms with van der Waals surface area (Å²) >= 11 is 0. The van der Waals surface area contributed by atoms with Crippen molar-refractivity contribution in [3.63, 3.8) is 0 Å². The first-order valence-corrected chi connectivity index (χ1v) is 6.16. The molecule has 1 aromatic carbocycles. The third-order valence-electron chi connectivity index (χ3n) is 4.68. The maximum absolute atomic E-state index is 6.40. The van der Waals surface area contributed by atoms with Gasteiger partial charge in [-0.1, -0.05) is 44.2 Å². The summed E-state index contributed by atoms with van der Waals surface area (Å²) in [6, 6.07) is 10.8. The maximum Gasteiger partial charge on any atom is 0.0162 e. The molecule has 2 N–H and O–H groups in total. The minimum Gasteiger partial charge on any atom is -0.325 e. The average Bonchev–Trinajstić information content (AvgIpc) is 2.98. The van der Waals surface area contributed by atoms with E-state index in [0.717, 1.165) is 0 Å². The topological polar surface area (TPSA) is 26.0 Å². The Balaban J connectivity index is 2.41. The molecule has 88 valence electrons. The smallest absolute Gasteiger partial charge is 0.0162 e. The zero-order valence-corrected chi connectivity index (χ0v) is 10.9. The fourth-order valence-electron chi connectivity index (χ4n) is 3.33. The molecule has 1 heteroatoms. The highest BCUT2D eigenvalue weighted by Gasteiger charge is 2.61. The molecule has 2 rings (SSSR count). The van der Waals surface area contributed by atoms with Gasteiger partial charge in [-0.2, -0.15) is 0 Å². The van der Waals surface area contributed by atoms with Gasteiger partial charge in [0.25, 0.3) is 0 Å². The van der Waals surface area contributed by atoms with E-state index in [-0.39, 0.29) is 16.4 Å². The van der Waals surface area contributed by atoms with Crippen molar-refractivity contribution in [1.29, 1.82) is 0 Å². The van der Waals surface area contributed by atoms with Crippen LogP contribution in [0.5, 0.6) is 0 Å². The minimum atomic E-state index is -0.105. The summed E-state index contributed by atoms with van der Waals surface area (Å²) in [6.07, 6.45) is 2.50. The first-order valence-electron chi connectivity index (χ1n) is 6.16. The maximum atomic E-state index is 6.40. The normalized spacial score (nSPS) is 19.6. The van der Waals surface area contributed by atoms with Crippen molar-refractivity contribution in [2.75, 3.05) is 0 Å². The standard InChI is InChI=1S/C15H23N/c1-13(2,12-8-6-5-7-9-12)15(10-11-15)14(3,4)16/h5-9H,10-11,16H2,1-4H3. The van der Waals surface area contributed by atoms with Crippen LogP contribution in [0.25, 0.3) is 0 Å². The molecule has 0 aliphatic heterocycles. The number of nitrogens with two attached hydrogens (primary N) is 1. The van der Waals surface area contributed by atoms with Gasteiger partial charge in [0.2, 0.25) is 0 Å². The lowest BCUT2D eigenvalue weighted by Crippen LogP contribution is -2.51. The van der Waals surface area contributed by atoms with E-state index in [4.69, 9.17) is 5.73 Å². The summed E-state index contributed by atoms with van der Waals surface area (Å²) in [4.78, 5) is 0. The highest BCUT2D eigenvalue weighted by Crippen LogP contribution is 2.64. The van der Waals surface area contributed by atoms with Crippen LogP contribution in [0.15, 0.2) is 30.3 Å². The molecule has 0 saturated heterocycles. The van der Waals surface area contributed by atoms with Crippen molar-refractivity contribution in [3.8, 4) is 0 Å². The molecular weight excluding hydrogens is 194 g/mol. The molecule has 0 heterocycles. The van der Waals surface area contributed by atoms with Gasteiger partial charge in [0.15, 0.2) is 0 Å². The Morgan fingerprint density at radius 2 is 1.50 bits per heavy atom. The van der Waals surface area contributed by atoms with Gasteiger partial charge in [-0.15, -0.1) is 0 Å². The summed E-state index contributed by atoms with van der Waals surface area (Å²) in [5.74, 6) is 0. The van der Waals surface area contributed by atoms with Crippen LogP contribution in [-0.4, -0.2) is 5.54 Å². The Morgan fingerprint density at radius 1 is 1.00 bits per heavy atom. The largest absolute Gasteiger partial charge is 0.325 e. The van der Waals surface area contributed by atoms with Crippen LogP contribution in [0.2, 0.25) is 0 Å². The van der Waals surface area contributed by atoms with Crippen molar-refractivity contribution < 1.29 is 0 Å². The van der Waals surface area contributed by atoms with E-state index >= 15 is 0 Å². The molecule has 1 aromatic rings. The Morgan fingerprint density at radius 3 is 1.88 bits per heavy atom. The highest BCUT2D eigenvalue weighted by atomic mass is 14.8. The second-order valence-corrected chi connectivity index (χ2v) is 6.29. The van der Waals surface area contributed by atoms with Gasteiger partial charge in [-0.05, 0) is 43.1 Å². The van der Waals surface area contributed by atoms with Crippen LogP contribution in [0.1, 0.15) is 46.1 Å². The summed E-state index contributed by atoms with van der Waals surface area (Å²) in [5.41, 5.74) is 8.13. The monoisotopic (exact) mass is 217 g/mol. The SMILES string of the molecule is CC(C)(N)C1(C(C)(C)c2ccccc2)CC1. The van der Waals surface area contributed by atoms with Gasteiger partial charge in [-0.25, -0.2) is 0 Å². The lowest BCUT2D eigenvalue weighted by molar-refractivity contribution is 0.176. The summed E-state index contributed by atoms with van der Waals surface area (Å²) in [7, 11) is 0. The lowest BCUT2D eigenvalue weighted by Gasteiger charge is -2.44. The fraction of sp³-hybridized carbons (Fsp3) is 0.600. The van der Waals surface area contributed by atoms with Crippen LogP contribution < -0.4 is 5.73 Å². The van der Waals surface area contributed by atoms with Crippen LogP contribution in [-0.2, 0) is 5.41 Å². The van der Waals surface area contributed by atoms with E-state index in [2.05, 4.69) is 58.0 Å². The van der Waals surface area contributed by atoms with Crippen molar-refractivity contribution in [2.24, 2.45) is 11.1 Å². The molecule has 0 bridgehead atoms. The molecule has 0 aromatic heterocycles. The van der Waals surface area contributed by atoms with E-state index in [1.807, 2.05) is 0 Å². The minimum absolute atomic E-state index is 0.105. The van der Waals surface area contributed by atoms with Crippen molar-refractivity contribution in [3.05, 3.63) is 35.9 Å². The van der Waals surface area contributed by atoms with E-state index in [1.54, 1.807) is 0 Å². The molecule has 0 spiro atoms. The average molecular weight is 217 g/mol. The van der Waals surface area contributed by atoms with Gasteiger partial charge in [0.1, 0.15) is 0 Å². The molecular formula is C15H23N. The number of hydrogen-bond acceptors (Lipinski definition) is 1. The zero-order chi connectivity index (χ0) is 12.0. The molecule has 1 aliphatic carbocycles. The van der Waals surface area contributed by atoms with Gasteiger partial charge in [0.05, 0.1) is 0 Å². The quantitative estimate of drug-likeness (QED) is 0.824. The number of benzene rings is 1. The first-order chi connectivity index (χ1) is 7.31. The van der Waals surface area contributed by atoms with E-state index in [1.165, 1.54) is 18.4 Å². The molecule has 16 heavy (non-hydrogen) atoms. The van der Waals surface area contributed by atoms with Crippen molar-refractivity contribution >= 4 is 0 Å². The second kappa shape index (κ2) is 3.33. The first kappa shape index (κ1) is 11.7. The van der Waals surface area contributed by atoms with E-state index < -0.39 is 0 Å². The zero-order valence-electron chi connectivity index (χ0n) is 10.9. The molecule has 0 radical (unpaired) electrons. The lowest BCUT2D eigenvalue weighted by atomic mass is 9.63. The summed E-state index contributed by atoms with van der Waals surface area (Å²) in [5, 5.41) is 0. The Kier molecular flexibility index (Phi) is 2.43. The molecule has 1 saturated carbocycles. The Bertz CT molecular complexity index is 366. The molecule has 0 atom stereocenters. The van der Waals surface area contributed by atoms with Gasteiger partial charge < -0.3 is 5.73 Å². The third kappa shape index (κ3) is 1.49. The molecule has 0 unspecified atom stereocenters. The highest BCUT2D eigenvalue weighted by molar-refractivity contribution is 5.32.